The summed E-state index contributed by atoms with van der Waals surface area (Å²) in [5, 5.41) is 4.23. The fourth-order valence-corrected chi connectivity index (χ4v) is 3.25. The molecule has 2 rings (SSSR count). The molecule has 0 saturated carbocycles. The number of hydrogen-bond acceptors (Lipinski definition) is 2. The van der Waals surface area contributed by atoms with Crippen LogP contribution in [0.2, 0.25) is 5.02 Å². The van der Waals surface area contributed by atoms with Crippen molar-refractivity contribution in [2.24, 2.45) is 4.99 Å². The van der Waals surface area contributed by atoms with Crippen LogP contribution >= 0.6 is 35.6 Å². The zero-order chi connectivity index (χ0) is 16.5. The standard InChI is InChI=1S/C18H29ClN4.HI/c1-20-18(21-10-3-4-11-23-12-5-6-13-23)22(2)15-16-8-7-9-17(19)14-16;/h7-9,14H,3-6,10-13,15H2,1-2H3,(H,20,21);1H. The molecule has 0 bridgehead atoms. The van der Waals surface area contributed by atoms with Gasteiger partial charge in [-0.1, -0.05) is 23.7 Å². The lowest BCUT2D eigenvalue weighted by atomic mass is 10.2. The van der Waals surface area contributed by atoms with Crippen LogP contribution in [0.4, 0.5) is 0 Å². The number of rotatable bonds is 7. The molecule has 1 heterocycles. The third kappa shape index (κ3) is 7.57. The van der Waals surface area contributed by atoms with Crippen LogP contribution in [0.3, 0.4) is 0 Å². The Morgan fingerprint density at radius 3 is 2.71 bits per heavy atom. The Morgan fingerprint density at radius 2 is 2.04 bits per heavy atom. The van der Waals surface area contributed by atoms with Crippen LogP contribution in [-0.4, -0.2) is 56.0 Å². The SMILES string of the molecule is CN=C(NCCCCN1CCCC1)N(C)Cc1cccc(Cl)c1.I. The molecule has 0 radical (unpaired) electrons. The molecule has 1 N–H and O–H groups in total. The third-order valence-corrected chi connectivity index (χ3v) is 4.50. The van der Waals surface area contributed by atoms with Gasteiger partial charge >= 0.3 is 0 Å². The maximum Gasteiger partial charge on any atom is 0.193 e. The molecule has 0 aromatic heterocycles. The fourth-order valence-electron chi connectivity index (χ4n) is 3.04. The van der Waals surface area contributed by atoms with E-state index in [4.69, 9.17) is 11.6 Å². The van der Waals surface area contributed by atoms with Crippen LogP contribution in [-0.2, 0) is 6.54 Å². The van der Waals surface area contributed by atoms with Gasteiger partial charge in [-0.25, -0.2) is 0 Å². The van der Waals surface area contributed by atoms with Gasteiger partial charge in [0.2, 0.25) is 0 Å². The number of halogens is 2. The molecule has 1 saturated heterocycles. The molecule has 1 aliphatic heterocycles. The van der Waals surface area contributed by atoms with E-state index >= 15 is 0 Å². The molecule has 1 aliphatic rings. The highest BCUT2D eigenvalue weighted by Gasteiger charge is 2.10. The van der Waals surface area contributed by atoms with E-state index in [1.54, 1.807) is 0 Å². The summed E-state index contributed by atoms with van der Waals surface area (Å²) in [4.78, 5) is 9.07. The van der Waals surface area contributed by atoms with Crippen molar-refractivity contribution in [1.82, 2.24) is 15.1 Å². The van der Waals surface area contributed by atoms with Gasteiger partial charge in [-0.3, -0.25) is 4.99 Å². The second-order valence-electron chi connectivity index (χ2n) is 6.22. The summed E-state index contributed by atoms with van der Waals surface area (Å²) < 4.78 is 0. The maximum absolute atomic E-state index is 6.05. The van der Waals surface area contributed by atoms with Crippen molar-refractivity contribution in [1.29, 1.82) is 0 Å². The predicted molar refractivity (Wildman–Crippen MR) is 115 cm³/mol. The number of aliphatic imine (C=N–C) groups is 1. The van der Waals surface area contributed by atoms with Crippen LogP contribution in [0.25, 0.3) is 0 Å². The average Bonchev–Trinajstić information content (AvgIpc) is 3.04. The molecule has 6 heteroatoms. The summed E-state index contributed by atoms with van der Waals surface area (Å²) in [6.45, 7) is 5.59. The van der Waals surface area contributed by atoms with Crippen molar-refractivity contribution in [2.45, 2.75) is 32.2 Å². The van der Waals surface area contributed by atoms with E-state index in [0.717, 1.165) is 24.1 Å². The van der Waals surface area contributed by atoms with Crippen LogP contribution in [0, 0.1) is 0 Å². The number of hydrogen-bond donors (Lipinski definition) is 1. The van der Waals surface area contributed by atoms with Gasteiger partial charge in [-0.2, -0.15) is 0 Å². The van der Waals surface area contributed by atoms with Crippen molar-refractivity contribution >= 4 is 41.5 Å². The number of unbranched alkanes of at least 4 members (excludes halogenated alkanes) is 1. The van der Waals surface area contributed by atoms with E-state index in [9.17, 15) is 0 Å². The Hall–Kier alpha value is -0.530. The lowest BCUT2D eigenvalue weighted by Gasteiger charge is -2.22. The number of guanidine groups is 1. The molecule has 1 aromatic carbocycles. The van der Waals surface area contributed by atoms with E-state index < -0.39 is 0 Å². The van der Waals surface area contributed by atoms with Gasteiger partial charge in [0.05, 0.1) is 0 Å². The van der Waals surface area contributed by atoms with Crippen LogP contribution in [0.15, 0.2) is 29.3 Å². The minimum atomic E-state index is 0. The van der Waals surface area contributed by atoms with Crippen LogP contribution in [0.5, 0.6) is 0 Å². The Balaban J connectivity index is 0.00000288. The second kappa shape index (κ2) is 11.9. The zero-order valence-corrected chi connectivity index (χ0v) is 17.9. The second-order valence-corrected chi connectivity index (χ2v) is 6.65. The molecule has 0 unspecified atom stereocenters. The normalized spacial score (nSPS) is 15.2. The number of likely N-dealkylation sites (tertiary alicyclic amines) is 1. The van der Waals surface area contributed by atoms with Crippen molar-refractivity contribution in [3.8, 4) is 0 Å². The van der Waals surface area contributed by atoms with Crippen molar-refractivity contribution in [3.63, 3.8) is 0 Å². The quantitative estimate of drug-likeness (QED) is 0.288. The first-order valence-corrected chi connectivity index (χ1v) is 8.95. The predicted octanol–water partition coefficient (Wildman–Crippen LogP) is 3.84. The van der Waals surface area contributed by atoms with E-state index in [1.807, 2.05) is 25.2 Å². The van der Waals surface area contributed by atoms with Crippen molar-refractivity contribution < 1.29 is 0 Å². The van der Waals surface area contributed by atoms with Crippen molar-refractivity contribution in [3.05, 3.63) is 34.9 Å². The fraction of sp³-hybridized carbons (Fsp3) is 0.611. The minimum absolute atomic E-state index is 0. The first-order valence-electron chi connectivity index (χ1n) is 8.57. The summed E-state index contributed by atoms with van der Waals surface area (Å²) in [5.74, 6) is 0.936. The number of nitrogens with one attached hydrogen (secondary N) is 1. The molecular weight excluding hydrogens is 435 g/mol. The van der Waals surface area contributed by atoms with Gasteiger partial charge in [0.1, 0.15) is 0 Å². The molecule has 1 fully saturated rings. The molecule has 0 aliphatic carbocycles. The topological polar surface area (TPSA) is 30.9 Å². The summed E-state index contributed by atoms with van der Waals surface area (Å²) in [6, 6.07) is 7.98. The molecule has 24 heavy (non-hydrogen) atoms. The zero-order valence-electron chi connectivity index (χ0n) is 14.8. The molecule has 0 amide bonds. The summed E-state index contributed by atoms with van der Waals surface area (Å²) >= 11 is 6.05. The highest BCUT2D eigenvalue weighted by atomic mass is 127. The molecule has 4 nitrogen and oxygen atoms in total. The van der Waals surface area contributed by atoms with E-state index in [1.165, 1.54) is 50.9 Å². The summed E-state index contributed by atoms with van der Waals surface area (Å²) in [5.41, 5.74) is 1.19. The van der Waals surface area contributed by atoms with Gasteiger partial charge in [-0.05, 0) is 63.0 Å². The van der Waals surface area contributed by atoms with E-state index in [-0.39, 0.29) is 24.0 Å². The molecule has 0 spiro atoms. The first-order chi connectivity index (χ1) is 11.2. The monoisotopic (exact) mass is 464 g/mol. The highest BCUT2D eigenvalue weighted by molar-refractivity contribution is 14.0. The minimum Gasteiger partial charge on any atom is -0.356 e. The first kappa shape index (κ1) is 21.5. The van der Waals surface area contributed by atoms with Gasteiger partial charge in [0.25, 0.3) is 0 Å². The Kier molecular flexibility index (Phi) is 10.7. The third-order valence-electron chi connectivity index (χ3n) is 4.27. The van der Waals surface area contributed by atoms with Gasteiger partial charge in [-0.15, -0.1) is 24.0 Å². The van der Waals surface area contributed by atoms with Gasteiger partial charge < -0.3 is 15.1 Å². The number of nitrogens with zero attached hydrogens (tertiary/aromatic N) is 3. The Morgan fingerprint density at radius 1 is 1.29 bits per heavy atom. The summed E-state index contributed by atoms with van der Waals surface area (Å²) in [7, 11) is 3.89. The Labute approximate surface area is 168 Å². The molecule has 136 valence electrons. The molecular formula is C18H30ClIN4. The largest absolute Gasteiger partial charge is 0.356 e. The van der Waals surface area contributed by atoms with Crippen LogP contribution in [0.1, 0.15) is 31.2 Å². The lowest BCUT2D eigenvalue weighted by Crippen LogP contribution is -2.39. The van der Waals surface area contributed by atoms with E-state index in [0.29, 0.717) is 0 Å². The average molecular weight is 465 g/mol. The summed E-state index contributed by atoms with van der Waals surface area (Å²) in [6.07, 6.45) is 5.18. The van der Waals surface area contributed by atoms with E-state index in [2.05, 4.69) is 33.2 Å². The number of benzene rings is 1. The molecule has 0 atom stereocenters. The molecule has 1 aromatic rings. The Bertz CT molecular complexity index is 504. The van der Waals surface area contributed by atoms with Gasteiger partial charge in [0, 0.05) is 32.2 Å². The lowest BCUT2D eigenvalue weighted by molar-refractivity contribution is 0.330. The maximum atomic E-state index is 6.05. The van der Waals surface area contributed by atoms with Crippen molar-refractivity contribution in [2.75, 3.05) is 40.3 Å². The smallest absolute Gasteiger partial charge is 0.193 e. The highest BCUT2D eigenvalue weighted by Crippen LogP contribution is 2.12. The van der Waals surface area contributed by atoms with Crippen LogP contribution < -0.4 is 5.32 Å². The van der Waals surface area contributed by atoms with Gasteiger partial charge in [0.15, 0.2) is 5.96 Å².